The molecular formula is C20H28BrN3O3. The molecule has 0 aliphatic heterocycles. The predicted octanol–water partition coefficient (Wildman–Crippen LogP) is 5.31. The van der Waals surface area contributed by atoms with Gasteiger partial charge in [0.25, 0.3) is 5.88 Å². The molecule has 0 saturated heterocycles. The molecule has 0 saturated carbocycles. The highest BCUT2D eigenvalue weighted by molar-refractivity contribution is 9.10. The summed E-state index contributed by atoms with van der Waals surface area (Å²) in [5.74, 6) is 2.52. The molecule has 1 atom stereocenters. The molecule has 0 radical (unpaired) electrons. The summed E-state index contributed by atoms with van der Waals surface area (Å²) in [6.07, 6.45) is 4.83. The fourth-order valence-electron chi connectivity index (χ4n) is 2.75. The van der Waals surface area contributed by atoms with Gasteiger partial charge in [-0.2, -0.15) is 0 Å². The maximum atomic E-state index is 6.05. The molecule has 1 aromatic heterocycles. The minimum atomic E-state index is 0.136. The van der Waals surface area contributed by atoms with Gasteiger partial charge in [0.05, 0.1) is 30.1 Å². The highest BCUT2D eigenvalue weighted by atomic mass is 79.9. The van der Waals surface area contributed by atoms with Crippen LogP contribution in [0, 0.1) is 0 Å². The highest BCUT2D eigenvalue weighted by Crippen LogP contribution is 2.39. The van der Waals surface area contributed by atoms with Gasteiger partial charge < -0.3 is 19.5 Å². The number of anilines is 1. The Balaban J connectivity index is 2.41. The van der Waals surface area contributed by atoms with Gasteiger partial charge in [0, 0.05) is 18.7 Å². The SMILES string of the molecule is CCCC(CC)Oc1ncc(-c2cc(Br)c(OCC)cc2OC)nc1NC. The lowest BCUT2D eigenvalue weighted by atomic mass is 10.1. The normalized spacial score (nSPS) is 11.8. The van der Waals surface area contributed by atoms with Gasteiger partial charge in [0.1, 0.15) is 17.6 Å². The number of nitrogens with zero attached hydrogens (tertiary/aromatic N) is 2. The van der Waals surface area contributed by atoms with Crippen LogP contribution in [0.4, 0.5) is 5.82 Å². The summed E-state index contributed by atoms with van der Waals surface area (Å²) in [6.45, 7) is 6.78. The first kappa shape index (κ1) is 21.3. The van der Waals surface area contributed by atoms with Crippen LogP contribution in [-0.2, 0) is 0 Å². The van der Waals surface area contributed by atoms with E-state index in [1.165, 1.54) is 0 Å². The van der Waals surface area contributed by atoms with E-state index in [0.717, 1.165) is 35.0 Å². The second-order valence-electron chi connectivity index (χ2n) is 6.01. The van der Waals surface area contributed by atoms with E-state index < -0.39 is 0 Å². The largest absolute Gasteiger partial charge is 0.496 e. The maximum absolute atomic E-state index is 6.05. The average molecular weight is 438 g/mol. The molecule has 6 nitrogen and oxygen atoms in total. The van der Waals surface area contributed by atoms with Crippen molar-refractivity contribution in [3.63, 3.8) is 0 Å². The minimum Gasteiger partial charge on any atom is -0.496 e. The summed E-state index contributed by atoms with van der Waals surface area (Å²) in [6, 6.07) is 3.78. The van der Waals surface area contributed by atoms with Crippen molar-refractivity contribution in [2.45, 2.75) is 46.1 Å². The number of rotatable bonds is 10. The van der Waals surface area contributed by atoms with Crippen molar-refractivity contribution in [2.24, 2.45) is 0 Å². The molecule has 0 fully saturated rings. The second kappa shape index (κ2) is 10.3. The maximum Gasteiger partial charge on any atom is 0.257 e. The van der Waals surface area contributed by atoms with Gasteiger partial charge in [-0.15, -0.1) is 0 Å². The molecule has 148 valence electrons. The molecule has 1 aromatic carbocycles. The van der Waals surface area contributed by atoms with E-state index in [2.05, 4.69) is 40.1 Å². The summed E-state index contributed by atoms with van der Waals surface area (Å²) in [5, 5.41) is 3.09. The Labute approximate surface area is 169 Å². The van der Waals surface area contributed by atoms with Crippen LogP contribution in [0.3, 0.4) is 0 Å². The third-order valence-electron chi connectivity index (χ3n) is 4.15. The zero-order valence-corrected chi connectivity index (χ0v) is 18.2. The molecule has 7 heteroatoms. The number of hydrogen-bond donors (Lipinski definition) is 1. The highest BCUT2D eigenvalue weighted by Gasteiger charge is 2.17. The zero-order chi connectivity index (χ0) is 19.8. The number of hydrogen-bond acceptors (Lipinski definition) is 6. The van der Waals surface area contributed by atoms with Crippen LogP contribution < -0.4 is 19.5 Å². The molecule has 0 amide bonds. The fourth-order valence-corrected chi connectivity index (χ4v) is 3.21. The summed E-state index contributed by atoms with van der Waals surface area (Å²) in [5.41, 5.74) is 1.51. The topological polar surface area (TPSA) is 65.5 Å². The average Bonchev–Trinajstić information content (AvgIpc) is 2.69. The number of halogens is 1. The molecule has 0 aliphatic rings. The monoisotopic (exact) mass is 437 g/mol. The van der Waals surface area contributed by atoms with Crippen LogP contribution in [0.15, 0.2) is 22.8 Å². The number of benzene rings is 1. The Morgan fingerprint density at radius 2 is 1.96 bits per heavy atom. The summed E-state index contributed by atoms with van der Waals surface area (Å²) in [4.78, 5) is 9.20. The molecule has 27 heavy (non-hydrogen) atoms. The first-order valence-electron chi connectivity index (χ1n) is 9.29. The number of nitrogens with one attached hydrogen (secondary N) is 1. The molecule has 0 spiro atoms. The second-order valence-corrected chi connectivity index (χ2v) is 6.87. The van der Waals surface area contributed by atoms with E-state index >= 15 is 0 Å². The van der Waals surface area contributed by atoms with E-state index in [0.29, 0.717) is 29.7 Å². The smallest absolute Gasteiger partial charge is 0.257 e. The van der Waals surface area contributed by atoms with E-state index in [1.807, 2.05) is 26.1 Å². The molecule has 1 N–H and O–H groups in total. The van der Waals surface area contributed by atoms with Gasteiger partial charge in [0.2, 0.25) is 0 Å². The predicted molar refractivity (Wildman–Crippen MR) is 112 cm³/mol. The molecule has 1 unspecified atom stereocenters. The van der Waals surface area contributed by atoms with E-state index in [-0.39, 0.29) is 6.10 Å². The quantitative estimate of drug-likeness (QED) is 0.542. The molecule has 2 rings (SSSR count). The lowest BCUT2D eigenvalue weighted by Gasteiger charge is -2.18. The van der Waals surface area contributed by atoms with Crippen LogP contribution in [0.25, 0.3) is 11.3 Å². The van der Waals surface area contributed by atoms with Gasteiger partial charge in [-0.1, -0.05) is 20.3 Å². The van der Waals surface area contributed by atoms with Crippen molar-refractivity contribution in [1.29, 1.82) is 0 Å². The number of aromatic nitrogens is 2. The zero-order valence-electron chi connectivity index (χ0n) is 16.6. The van der Waals surface area contributed by atoms with E-state index in [1.54, 1.807) is 13.3 Å². The fraction of sp³-hybridized carbons (Fsp3) is 0.500. The van der Waals surface area contributed by atoms with Crippen LogP contribution in [-0.4, -0.2) is 36.8 Å². The summed E-state index contributed by atoms with van der Waals surface area (Å²) in [7, 11) is 3.44. The van der Waals surface area contributed by atoms with Gasteiger partial charge in [0.15, 0.2) is 5.82 Å². The standard InChI is InChI=1S/C20H28BrN3O3/c1-6-9-13(7-2)27-20-19(22-4)24-16(12-23-20)14-10-15(21)18(26-8-3)11-17(14)25-5/h10-13H,6-9H2,1-5H3,(H,22,24). The minimum absolute atomic E-state index is 0.136. The Bertz CT molecular complexity index is 755. The van der Waals surface area contributed by atoms with Gasteiger partial charge in [-0.3, -0.25) is 0 Å². The third kappa shape index (κ3) is 5.25. The van der Waals surface area contributed by atoms with Gasteiger partial charge >= 0.3 is 0 Å². The Kier molecular flexibility index (Phi) is 8.16. The van der Waals surface area contributed by atoms with Crippen molar-refractivity contribution in [2.75, 3.05) is 26.1 Å². The van der Waals surface area contributed by atoms with Crippen LogP contribution in [0.5, 0.6) is 17.4 Å². The molecule has 0 aliphatic carbocycles. The lowest BCUT2D eigenvalue weighted by molar-refractivity contribution is 0.178. The van der Waals surface area contributed by atoms with Crippen molar-refractivity contribution < 1.29 is 14.2 Å². The van der Waals surface area contributed by atoms with Crippen molar-refractivity contribution in [3.05, 3.63) is 22.8 Å². The summed E-state index contributed by atoms with van der Waals surface area (Å²) >= 11 is 3.55. The van der Waals surface area contributed by atoms with Crippen LogP contribution in [0.2, 0.25) is 0 Å². The van der Waals surface area contributed by atoms with E-state index in [4.69, 9.17) is 19.2 Å². The molecule has 2 aromatic rings. The van der Waals surface area contributed by atoms with Crippen LogP contribution in [0.1, 0.15) is 40.0 Å². The molecular weight excluding hydrogens is 410 g/mol. The first-order chi connectivity index (χ1) is 13.1. The Morgan fingerprint density at radius 3 is 2.56 bits per heavy atom. The van der Waals surface area contributed by atoms with Crippen molar-refractivity contribution >= 4 is 21.7 Å². The van der Waals surface area contributed by atoms with Crippen LogP contribution >= 0.6 is 15.9 Å². The first-order valence-corrected chi connectivity index (χ1v) is 10.1. The summed E-state index contributed by atoms with van der Waals surface area (Å²) < 4.78 is 18.0. The van der Waals surface area contributed by atoms with Crippen molar-refractivity contribution in [1.82, 2.24) is 9.97 Å². The van der Waals surface area contributed by atoms with Crippen molar-refractivity contribution in [3.8, 4) is 28.6 Å². The lowest BCUT2D eigenvalue weighted by Crippen LogP contribution is -2.17. The Morgan fingerprint density at radius 1 is 1.19 bits per heavy atom. The van der Waals surface area contributed by atoms with Gasteiger partial charge in [-0.05, 0) is 41.8 Å². The van der Waals surface area contributed by atoms with E-state index in [9.17, 15) is 0 Å². The number of ether oxygens (including phenoxy) is 3. The Hall–Kier alpha value is -2.02. The molecule has 0 bridgehead atoms. The number of methoxy groups -OCH3 is 1. The third-order valence-corrected chi connectivity index (χ3v) is 4.77. The van der Waals surface area contributed by atoms with Gasteiger partial charge in [-0.25, -0.2) is 9.97 Å². The molecule has 1 heterocycles.